The number of carbonyl (C=O) groups excluding carboxylic acids is 1. The van der Waals surface area contributed by atoms with Gasteiger partial charge in [0.15, 0.2) is 6.10 Å². The van der Waals surface area contributed by atoms with Crippen molar-refractivity contribution in [1.29, 1.82) is 0 Å². The van der Waals surface area contributed by atoms with Crippen molar-refractivity contribution < 1.29 is 19.0 Å². The summed E-state index contributed by atoms with van der Waals surface area (Å²) in [5.74, 6) is 1.57. The van der Waals surface area contributed by atoms with Crippen molar-refractivity contribution in [3.05, 3.63) is 138 Å². The summed E-state index contributed by atoms with van der Waals surface area (Å²) in [5.41, 5.74) is 8.59. The molecule has 192 valence electrons. The molecule has 0 fully saturated rings. The van der Waals surface area contributed by atoms with Crippen LogP contribution in [0.3, 0.4) is 0 Å². The quantitative estimate of drug-likeness (QED) is 0.154. The zero-order chi connectivity index (χ0) is 26.6. The minimum Gasteiger partial charge on any atom is -0.489 e. The van der Waals surface area contributed by atoms with E-state index in [2.05, 4.69) is 66.7 Å². The molecule has 0 saturated carbocycles. The van der Waals surface area contributed by atoms with Crippen LogP contribution in [0.15, 0.2) is 121 Å². The first-order chi connectivity index (χ1) is 19.1. The summed E-state index contributed by atoms with van der Waals surface area (Å²) < 4.78 is 17.3. The molecule has 0 spiro atoms. The van der Waals surface area contributed by atoms with Gasteiger partial charge in [-0.05, 0) is 88.7 Å². The van der Waals surface area contributed by atoms with Gasteiger partial charge in [0.05, 0.1) is 0 Å². The Labute approximate surface area is 228 Å². The van der Waals surface area contributed by atoms with E-state index in [0.29, 0.717) is 18.1 Å². The number of para-hydroxylation sites is 1. The molecule has 1 atom stereocenters. The molecule has 1 aliphatic carbocycles. The normalized spacial score (nSPS) is 12.2. The Balaban J connectivity index is 1.03. The lowest BCUT2D eigenvalue weighted by atomic mass is 10.0. The maximum Gasteiger partial charge on any atom is 0.352 e. The van der Waals surface area contributed by atoms with Crippen LogP contribution in [-0.4, -0.2) is 12.1 Å². The van der Waals surface area contributed by atoms with Crippen molar-refractivity contribution in [2.75, 3.05) is 0 Å². The fourth-order valence-electron chi connectivity index (χ4n) is 4.84. The lowest BCUT2D eigenvalue weighted by Gasteiger charge is -2.14. The van der Waals surface area contributed by atoms with E-state index in [9.17, 15) is 4.79 Å². The summed E-state index contributed by atoms with van der Waals surface area (Å²) >= 11 is 0. The molecule has 0 heterocycles. The summed E-state index contributed by atoms with van der Waals surface area (Å²) in [7, 11) is 0. The summed E-state index contributed by atoms with van der Waals surface area (Å²) in [6.45, 7) is 2.19. The molecule has 0 saturated heterocycles. The molecule has 39 heavy (non-hydrogen) atoms. The summed E-state index contributed by atoms with van der Waals surface area (Å²) in [4.78, 5) is 12.3. The number of carbonyl (C=O) groups is 1. The molecule has 0 aliphatic heterocycles. The number of hydrogen-bond acceptors (Lipinski definition) is 4. The number of fused-ring (bicyclic) bond motifs is 3. The van der Waals surface area contributed by atoms with Gasteiger partial charge >= 0.3 is 5.97 Å². The predicted octanol–water partition coefficient (Wildman–Crippen LogP) is 7.88. The van der Waals surface area contributed by atoms with Crippen LogP contribution in [-0.2, 0) is 17.8 Å². The fraction of sp³-hybridized carbons (Fsp3) is 0.114. The van der Waals surface area contributed by atoms with Crippen molar-refractivity contribution in [2.45, 2.75) is 26.1 Å². The molecule has 4 heteroatoms. The van der Waals surface area contributed by atoms with Crippen molar-refractivity contribution in [3.63, 3.8) is 0 Å². The van der Waals surface area contributed by atoms with E-state index in [1.54, 1.807) is 19.1 Å². The summed E-state index contributed by atoms with van der Waals surface area (Å²) in [5, 5.41) is 0. The first-order valence-corrected chi connectivity index (χ1v) is 13.1. The van der Waals surface area contributed by atoms with Gasteiger partial charge in [-0.25, -0.2) is 4.79 Å². The van der Waals surface area contributed by atoms with E-state index >= 15 is 0 Å². The molecule has 0 N–H and O–H groups in total. The van der Waals surface area contributed by atoms with E-state index in [1.165, 1.54) is 22.3 Å². The van der Waals surface area contributed by atoms with E-state index in [4.69, 9.17) is 14.2 Å². The third-order valence-electron chi connectivity index (χ3n) is 6.92. The molecule has 0 radical (unpaired) electrons. The van der Waals surface area contributed by atoms with Crippen LogP contribution >= 0.6 is 0 Å². The lowest BCUT2D eigenvalue weighted by Crippen LogP contribution is -2.28. The van der Waals surface area contributed by atoms with E-state index in [1.807, 2.05) is 42.5 Å². The predicted molar refractivity (Wildman–Crippen MR) is 153 cm³/mol. The largest absolute Gasteiger partial charge is 0.489 e. The van der Waals surface area contributed by atoms with Gasteiger partial charge in [-0.15, -0.1) is 0 Å². The molecule has 1 unspecified atom stereocenters. The molecule has 5 aromatic rings. The standard InChI is InChI=1S/C35H28O4/c1-24(35(36)39-30-8-3-2-4-9-30)38-31-17-15-27(16-18-31)26-13-11-25(12-14-26)23-37-32-19-20-34-29(22-32)21-28-7-5-6-10-33(28)34/h2-20,22,24H,21,23H2,1H3. The van der Waals surface area contributed by atoms with Crippen LogP contribution in [0.5, 0.6) is 17.2 Å². The SMILES string of the molecule is CC(Oc1ccc(-c2ccc(COc3ccc4c(c3)Cc3ccccc3-4)cc2)cc1)C(=O)Oc1ccccc1. The number of rotatable bonds is 8. The average molecular weight is 513 g/mol. The zero-order valence-corrected chi connectivity index (χ0v) is 21.7. The second-order valence-corrected chi connectivity index (χ2v) is 9.66. The van der Waals surface area contributed by atoms with E-state index < -0.39 is 12.1 Å². The van der Waals surface area contributed by atoms with Gasteiger partial charge in [-0.2, -0.15) is 0 Å². The Bertz CT molecular complexity index is 1590. The number of esters is 1. The molecule has 6 rings (SSSR count). The van der Waals surface area contributed by atoms with Crippen LogP contribution in [0.1, 0.15) is 23.6 Å². The van der Waals surface area contributed by atoms with Gasteiger partial charge in [-0.1, -0.05) is 84.9 Å². The molecular weight excluding hydrogens is 484 g/mol. The third kappa shape index (κ3) is 5.55. The minimum absolute atomic E-state index is 0.437. The Kier molecular flexibility index (Phi) is 6.84. The van der Waals surface area contributed by atoms with Crippen LogP contribution in [0, 0.1) is 0 Å². The average Bonchev–Trinajstić information content (AvgIpc) is 3.35. The Morgan fingerprint density at radius 2 is 1.31 bits per heavy atom. The van der Waals surface area contributed by atoms with Crippen molar-refractivity contribution in [2.24, 2.45) is 0 Å². The highest BCUT2D eigenvalue weighted by atomic mass is 16.6. The van der Waals surface area contributed by atoms with Gasteiger partial charge in [0.25, 0.3) is 0 Å². The van der Waals surface area contributed by atoms with Crippen LogP contribution in [0.2, 0.25) is 0 Å². The first-order valence-electron chi connectivity index (χ1n) is 13.1. The number of benzene rings is 5. The Morgan fingerprint density at radius 1 is 0.667 bits per heavy atom. The monoisotopic (exact) mass is 512 g/mol. The van der Waals surface area contributed by atoms with Gasteiger partial charge in [0, 0.05) is 0 Å². The molecule has 0 amide bonds. The highest BCUT2D eigenvalue weighted by Gasteiger charge is 2.19. The second kappa shape index (κ2) is 10.9. The number of hydrogen-bond donors (Lipinski definition) is 0. The minimum atomic E-state index is -0.726. The number of ether oxygens (including phenoxy) is 3. The van der Waals surface area contributed by atoms with Crippen LogP contribution in [0.25, 0.3) is 22.3 Å². The van der Waals surface area contributed by atoms with Gasteiger partial charge in [0.1, 0.15) is 23.9 Å². The molecule has 5 aromatic carbocycles. The highest BCUT2D eigenvalue weighted by Crippen LogP contribution is 2.38. The second-order valence-electron chi connectivity index (χ2n) is 9.66. The van der Waals surface area contributed by atoms with Crippen molar-refractivity contribution in [1.82, 2.24) is 0 Å². The summed E-state index contributed by atoms with van der Waals surface area (Å²) in [6.07, 6.45) is 0.231. The maximum absolute atomic E-state index is 12.3. The maximum atomic E-state index is 12.3. The van der Waals surface area contributed by atoms with E-state index in [-0.39, 0.29) is 0 Å². The Hall–Kier alpha value is -4.83. The summed E-state index contributed by atoms with van der Waals surface area (Å²) in [6, 6.07) is 40.0. The molecule has 1 aliphatic rings. The van der Waals surface area contributed by atoms with Gasteiger partial charge < -0.3 is 14.2 Å². The third-order valence-corrected chi connectivity index (χ3v) is 6.92. The smallest absolute Gasteiger partial charge is 0.352 e. The fourth-order valence-corrected chi connectivity index (χ4v) is 4.84. The van der Waals surface area contributed by atoms with Gasteiger partial charge in [-0.3, -0.25) is 0 Å². The molecule has 0 bridgehead atoms. The van der Waals surface area contributed by atoms with Crippen LogP contribution < -0.4 is 14.2 Å². The van der Waals surface area contributed by atoms with Crippen molar-refractivity contribution in [3.8, 4) is 39.5 Å². The topological polar surface area (TPSA) is 44.8 Å². The molecular formula is C35H28O4. The molecule has 4 nitrogen and oxygen atoms in total. The highest BCUT2D eigenvalue weighted by molar-refractivity contribution is 5.78. The van der Waals surface area contributed by atoms with E-state index in [0.717, 1.165) is 28.9 Å². The Morgan fingerprint density at radius 3 is 2.08 bits per heavy atom. The zero-order valence-electron chi connectivity index (χ0n) is 21.7. The van der Waals surface area contributed by atoms with Crippen molar-refractivity contribution >= 4 is 5.97 Å². The lowest BCUT2D eigenvalue weighted by molar-refractivity contribution is -0.141. The van der Waals surface area contributed by atoms with Gasteiger partial charge in [0.2, 0.25) is 0 Å². The molecule has 0 aromatic heterocycles. The first kappa shape index (κ1) is 24.5. The van der Waals surface area contributed by atoms with Crippen LogP contribution in [0.4, 0.5) is 0 Å².